The first-order chi connectivity index (χ1) is 8.90. The van der Waals surface area contributed by atoms with Gasteiger partial charge in [-0.3, -0.25) is 14.9 Å². The maximum Gasteiger partial charge on any atom is 0.280 e. The molecule has 1 rings (SSSR count). The van der Waals surface area contributed by atoms with Gasteiger partial charge in [0.1, 0.15) is 6.04 Å². The number of rotatable bonds is 7. The lowest BCUT2D eigenvalue weighted by molar-refractivity contribution is -0.134. The number of carbonyl (C=O) groups excluding carboxylic acids is 2. The van der Waals surface area contributed by atoms with E-state index in [9.17, 15) is 18.0 Å². The van der Waals surface area contributed by atoms with Crippen molar-refractivity contribution in [3.05, 3.63) is 0 Å². The summed E-state index contributed by atoms with van der Waals surface area (Å²) >= 11 is 0. The number of amides is 2. The molecule has 0 aromatic carbocycles. The molecule has 0 spiro atoms. The molecule has 19 heavy (non-hydrogen) atoms. The second-order valence-electron chi connectivity index (χ2n) is 4.53. The molecule has 1 aliphatic rings. The Kier molecular flexibility index (Phi) is 5.89. The number of piperidine rings is 1. The molecule has 0 aromatic rings. The highest BCUT2D eigenvalue weighted by Gasteiger charge is 2.32. The van der Waals surface area contributed by atoms with E-state index in [0.29, 0.717) is 25.9 Å². The van der Waals surface area contributed by atoms with Crippen molar-refractivity contribution in [1.29, 1.82) is 0 Å². The molecule has 0 saturated carbocycles. The number of nitrogens with zero attached hydrogens (tertiary/aromatic N) is 1. The van der Waals surface area contributed by atoms with Gasteiger partial charge in [-0.15, -0.1) is 0 Å². The van der Waals surface area contributed by atoms with Crippen LogP contribution >= 0.6 is 0 Å². The molecule has 2 amide bonds. The van der Waals surface area contributed by atoms with Gasteiger partial charge in [-0.05, 0) is 19.3 Å². The van der Waals surface area contributed by atoms with Gasteiger partial charge in [0.15, 0.2) is 0 Å². The van der Waals surface area contributed by atoms with Gasteiger partial charge in [0.05, 0.1) is 0 Å². The SMILES string of the molecule is CCCN(CCC)S(=O)(=O)NC1CCC(=O)NC1=O. The van der Waals surface area contributed by atoms with E-state index >= 15 is 0 Å². The van der Waals surface area contributed by atoms with Crippen LogP contribution in [0.15, 0.2) is 0 Å². The average Bonchev–Trinajstić information content (AvgIpc) is 2.32. The Balaban J connectivity index is 2.71. The van der Waals surface area contributed by atoms with Crippen LogP contribution < -0.4 is 10.0 Å². The van der Waals surface area contributed by atoms with E-state index in [1.807, 2.05) is 13.8 Å². The minimum absolute atomic E-state index is 0.153. The summed E-state index contributed by atoms with van der Waals surface area (Å²) in [4.78, 5) is 22.5. The highest BCUT2D eigenvalue weighted by atomic mass is 32.2. The van der Waals surface area contributed by atoms with Gasteiger partial charge in [0.2, 0.25) is 11.8 Å². The first-order valence-electron chi connectivity index (χ1n) is 6.51. The van der Waals surface area contributed by atoms with Gasteiger partial charge in [-0.1, -0.05) is 13.8 Å². The van der Waals surface area contributed by atoms with Gasteiger partial charge < -0.3 is 0 Å². The van der Waals surface area contributed by atoms with Crippen molar-refractivity contribution < 1.29 is 18.0 Å². The van der Waals surface area contributed by atoms with E-state index in [2.05, 4.69) is 10.0 Å². The van der Waals surface area contributed by atoms with Crippen LogP contribution in [0.4, 0.5) is 0 Å². The number of hydrogen-bond acceptors (Lipinski definition) is 4. The van der Waals surface area contributed by atoms with E-state index in [0.717, 1.165) is 0 Å². The third-order valence-corrected chi connectivity index (χ3v) is 4.44. The first kappa shape index (κ1) is 16.1. The molecule has 0 aromatic heterocycles. The van der Waals surface area contributed by atoms with Gasteiger partial charge >= 0.3 is 0 Å². The second-order valence-corrected chi connectivity index (χ2v) is 6.23. The van der Waals surface area contributed by atoms with Crippen LogP contribution in [-0.2, 0) is 19.8 Å². The summed E-state index contributed by atoms with van der Waals surface area (Å²) in [6.45, 7) is 4.61. The Hall–Kier alpha value is -0.990. The molecule has 1 atom stereocenters. The van der Waals surface area contributed by atoms with Crippen molar-refractivity contribution in [2.24, 2.45) is 0 Å². The quantitative estimate of drug-likeness (QED) is 0.632. The zero-order valence-electron chi connectivity index (χ0n) is 11.3. The highest BCUT2D eigenvalue weighted by Crippen LogP contribution is 2.09. The van der Waals surface area contributed by atoms with Gasteiger partial charge in [-0.2, -0.15) is 17.4 Å². The van der Waals surface area contributed by atoms with Gasteiger partial charge in [0, 0.05) is 19.5 Å². The van der Waals surface area contributed by atoms with Crippen molar-refractivity contribution >= 4 is 22.0 Å². The van der Waals surface area contributed by atoms with Crippen LogP contribution in [0.2, 0.25) is 0 Å². The smallest absolute Gasteiger partial charge is 0.280 e. The summed E-state index contributed by atoms with van der Waals surface area (Å²) in [5.41, 5.74) is 0. The number of nitrogens with one attached hydrogen (secondary N) is 2. The Labute approximate surface area is 113 Å². The van der Waals surface area contributed by atoms with Crippen LogP contribution in [0.5, 0.6) is 0 Å². The molecule has 8 heteroatoms. The van der Waals surface area contributed by atoms with Gasteiger partial charge in [0.25, 0.3) is 10.2 Å². The van der Waals surface area contributed by atoms with Crippen LogP contribution in [0.25, 0.3) is 0 Å². The molecular formula is C11H21N3O4S. The molecule has 7 nitrogen and oxygen atoms in total. The van der Waals surface area contributed by atoms with Crippen molar-refractivity contribution in [2.75, 3.05) is 13.1 Å². The largest absolute Gasteiger partial charge is 0.295 e. The molecule has 0 radical (unpaired) electrons. The van der Waals surface area contributed by atoms with Crippen molar-refractivity contribution in [3.63, 3.8) is 0 Å². The zero-order valence-corrected chi connectivity index (χ0v) is 12.1. The Bertz CT molecular complexity index is 429. The topological polar surface area (TPSA) is 95.6 Å². The molecule has 110 valence electrons. The van der Waals surface area contributed by atoms with Crippen molar-refractivity contribution in [3.8, 4) is 0 Å². The molecule has 0 aliphatic carbocycles. The van der Waals surface area contributed by atoms with Crippen LogP contribution in [0, 0.1) is 0 Å². The standard InChI is InChI=1S/C11H21N3O4S/c1-3-7-14(8-4-2)19(17,18)13-9-5-6-10(15)12-11(9)16/h9,13H,3-8H2,1-2H3,(H,12,15,16). The fraction of sp³-hybridized carbons (Fsp3) is 0.818. The molecule has 1 saturated heterocycles. The summed E-state index contributed by atoms with van der Waals surface area (Å²) in [5.74, 6) is -0.938. The van der Waals surface area contributed by atoms with Gasteiger partial charge in [-0.25, -0.2) is 0 Å². The van der Waals surface area contributed by atoms with E-state index in [1.165, 1.54) is 4.31 Å². The minimum atomic E-state index is -3.69. The predicted octanol–water partition coefficient (Wildman–Crippen LogP) is -0.252. The van der Waals surface area contributed by atoms with Crippen LogP contribution in [0.1, 0.15) is 39.5 Å². The third kappa shape index (κ3) is 4.55. The lowest BCUT2D eigenvalue weighted by Crippen LogP contribution is -2.55. The minimum Gasteiger partial charge on any atom is -0.295 e. The maximum atomic E-state index is 12.2. The van der Waals surface area contributed by atoms with E-state index in [-0.39, 0.29) is 18.7 Å². The maximum absolute atomic E-state index is 12.2. The number of carbonyl (C=O) groups is 2. The Morgan fingerprint density at radius 1 is 1.26 bits per heavy atom. The van der Waals surface area contributed by atoms with E-state index in [4.69, 9.17) is 0 Å². The molecule has 1 fully saturated rings. The van der Waals surface area contributed by atoms with E-state index < -0.39 is 22.2 Å². The van der Waals surface area contributed by atoms with Crippen molar-refractivity contribution in [1.82, 2.24) is 14.3 Å². The highest BCUT2D eigenvalue weighted by molar-refractivity contribution is 7.87. The molecule has 1 unspecified atom stereocenters. The summed E-state index contributed by atoms with van der Waals surface area (Å²) < 4.78 is 28.0. The summed E-state index contributed by atoms with van der Waals surface area (Å²) in [7, 11) is -3.69. The average molecular weight is 291 g/mol. The normalized spacial score (nSPS) is 20.7. The predicted molar refractivity (Wildman–Crippen MR) is 70.4 cm³/mol. The molecule has 1 heterocycles. The van der Waals surface area contributed by atoms with Crippen LogP contribution in [0.3, 0.4) is 0 Å². The second kappa shape index (κ2) is 6.97. The summed E-state index contributed by atoms with van der Waals surface area (Å²) in [5, 5.41) is 2.13. The van der Waals surface area contributed by atoms with Crippen LogP contribution in [-0.4, -0.2) is 43.7 Å². The summed E-state index contributed by atoms with van der Waals surface area (Å²) in [6.07, 6.45) is 1.77. The van der Waals surface area contributed by atoms with Crippen molar-refractivity contribution in [2.45, 2.75) is 45.6 Å². The number of imide groups is 1. The lowest BCUT2D eigenvalue weighted by atomic mass is 10.1. The molecule has 1 aliphatic heterocycles. The summed E-state index contributed by atoms with van der Waals surface area (Å²) in [6, 6.07) is -0.862. The first-order valence-corrected chi connectivity index (χ1v) is 7.95. The zero-order chi connectivity index (χ0) is 14.5. The molecule has 0 bridgehead atoms. The molecule has 2 N–H and O–H groups in total. The third-order valence-electron chi connectivity index (χ3n) is 2.82. The monoisotopic (exact) mass is 291 g/mol. The Morgan fingerprint density at radius 2 is 1.84 bits per heavy atom. The fourth-order valence-electron chi connectivity index (χ4n) is 1.91. The molecular weight excluding hydrogens is 270 g/mol. The van der Waals surface area contributed by atoms with E-state index in [1.54, 1.807) is 0 Å². The number of hydrogen-bond donors (Lipinski definition) is 2. The Morgan fingerprint density at radius 3 is 2.32 bits per heavy atom. The fourth-order valence-corrected chi connectivity index (χ4v) is 3.49. The lowest BCUT2D eigenvalue weighted by Gasteiger charge is -2.26.